The fraction of sp³-hybridized carbons (Fsp3) is 0.579. The Morgan fingerprint density at radius 3 is 1.37 bits per heavy atom. The van der Waals surface area contributed by atoms with Gasteiger partial charge in [-0.2, -0.15) is 0 Å². The van der Waals surface area contributed by atoms with Crippen molar-refractivity contribution in [3.05, 3.63) is 132 Å². The van der Waals surface area contributed by atoms with Crippen molar-refractivity contribution < 1.29 is 76.3 Å². The standard InChI is InChI=1S/C20H27NO4.C15H19NO2.C13H17BrO2.C11H19NO3.C10H18O5.C7H8BrN/c1-13-6-7-15-11-17(22)24-20(16(15)10-13)8-9-21(14(2)12-20)18(23)25-19(3,4)5;1-10-3-4-12-8-14(17)18-15(13(12)7-10)5-6-16-11(2)9-15;1-9-5-6-10(11(14)7-9)8-12(15)16-13(2,3)4;1-8-7-9(13)5-6-12(8)10(14)15-11(2,3)4;1-9(2,3)14-7(11)13-8(12)15-10(4,5)6;1-5-2-3-7(9)6(8)4-5/h6-7,10,14H,8-9,11-12H2,1-5H3;3-4,7,11,16H,5-6,8-9H2,1-2H3;5-7H,8H2,1-4H3;8H,5-7H2,1-4H3;1-6H3;2-4H,9H2,1H3. The highest BCUT2D eigenvalue weighted by Crippen LogP contribution is 2.45. The Bertz CT molecular complexity index is 3440. The number of piperidine rings is 3. The third kappa shape index (κ3) is 28.3. The third-order valence-electron chi connectivity index (χ3n) is 15.4. The summed E-state index contributed by atoms with van der Waals surface area (Å²) < 4.78 is 43.4. The van der Waals surface area contributed by atoms with E-state index in [1.54, 1.807) is 51.3 Å². The molecule has 20 nitrogen and oxygen atoms in total. The molecule has 0 aliphatic carbocycles. The minimum Gasteiger partial charge on any atom is -0.460 e. The number of nitrogens with one attached hydrogen (secondary N) is 1. The molecule has 2 spiro atoms. The number of halogens is 2. The highest BCUT2D eigenvalue weighted by Gasteiger charge is 2.49. The van der Waals surface area contributed by atoms with E-state index in [9.17, 15) is 38.4 Å². The number of nitrogens with zero attached hydrogens (tertiary/aromatic N) is 2. The number of anilines is 1. The second-order valence-corrected chi connectivity index (χ2v) is 32.5. The highest BCUT2D eigenvalue weighted by molar-refractivity contribution is 9.11. The van der Waals surface area contributed by atoms with E-state index in [2.05, 4.69) is 80.0 Å². The number of hydrogen-bond acceptors (Lipinski definition) is 18. The van der Waals surface area contributed by atoms with Gasteiger partial charge >= 0.3 is 42.4 Å². The average molecular weight is 1490 g/mol. The van der Waals surface area contributed by atoms with E-state index in [1.807, 2.05) is 145 Å². The van der Waals surface area contributed by atoms with Gasteiger partial charge in [0.05, 0.1) is 19.3 Å². The minimum atomic E-state index is -1.06. The number of nitrogen functional groups attached to an aromatic ring is 1. The first kappa shape index (κ1) is 83.4. The number of carbonyl (C=O) groups excluding carboxylic acids is 8. The van der Waals surface area contributed by atoms with Crippen LogP contribution in [0, 0.1) is 27.7 Å². The van der Waals surface area contributed by atoms with Gasteiger partial charge in [-0.3, -0.25) is 19.2 Å². The highest BCUT2D eigenvalue weighted by atomic mass is 79.9. The van der Waals surface area contributed by atoms with Gasteiger partial charge in [0.15, 0.2) is 0 Å². The lowest BCUT2D eigenvalue weighted by Crippen LogP contribution is -2.54. The summed E-state index contributed by atoms with van der Waals surface area (Å²) in [4.78, 5) is 96.4. The molecule has 98 heavy (non-hydrogen) atoms. The Kier molecular flexibility index (Phi) is 29.6. The minimum absolute atomic E-state index is 0.0406. The quantitative estimate of drug-likeness (QED) is 0.0818. The maximum Gasteiger partial charge on any atom is 0.519 e. The number of fused-ring (bicyclic) bond motifs is 4. The molecule has 0 radical (unpaired) electrons. The molecule has 5 unspecified atom stereocenters. The molecule has 0 saturated carbocycles. The number of ether oxygens (including phenoxy) is 8. The van der Waals surface area contributed by atoms with Crippen LogP contribution in [-0.2, 0) is 87.5 Å². The number of carbonyl (C=O) groups is 8. The Hall–Kier alpha value is -7.04. The second kappa shape index (κ2) is 34.8. The summed E-state index contributed by atoms with van der Waals surface area (Å²) in [6.45, 7) is 42.8. The molecule has 3 fully saturated rings. The van der Waals surface area contributed by atoms with Gasteiger partial charge in [0, 0.05) is 84.4 Å². The number of nitrogens with two attached hydrogens (primary N) is 1. The van der Waals surface area contributed by atoms with Gasteiger partial charge in [0.1, 0.15) is 45.0 Å². The van der Waals surface area contributed by atoms with Crippen LogP contribution in [0.4, 0.5) is 24.9 Å². The van der Waals surface area contributed by atoms with E-state index in [1.165, 1.54) is 22.3 Å². The monoisotopic (exact) mass is 1490 g/mol. The lowest BCUT2D eigenvalue weighted by atomic mass is 9.76. The summed E-state index contributed by atoms with van der Waals surface area (Å²) in [5.74, 6) is -0.242. The summed E-state index contributed by atoms with van der Waals surface area (Å²) >= 11 is 6.77. The molecule has 5 aliphatic heterocycles. The van der Waals surface area contributed by atoms with Gasteiger partial charge in [-0.25, -0.2) is 19.2 Å². The van der Waals surface area contributed by atoms with Crippen molar-refractivity contribution in [3.8, 4) is 0 Å². The number of amides is 2. The van der Waals surface area contributed by atoms with Crippen LogP contribution in [0.2, 0.25) is 0 Å². The van der Waals surface area contributed by atoms with Crippen LogP contribution < -0.4 is 11.1 Å². The predicted molar refractivity (Wildman–Crippen MR) is 386 cm³/mol. The fourth-order valence-corrected chi connectivity index (χ4v) is 12.4. The second-order valence-electron chi connectivity index (χ2n) is 30.8. The summed E-state index contributed by atoms with van der Waals surface area (Å²) in [5, 5.41) is 3.42. The largest absolute Gasteiger partial charge is 0.519 e. The fourth-order valence-electron chi connectivity index (χ4n) is 11.3. The Morgan fingerprint density at radius 2 is 0.959 bits per heavy atom. The summed E-state index contributed by atoms with van der Waals surface area (Å²) in [7, 11) is 0. The van der Waals surface area contributed by atoms with E-state index in [0.717, 1.165) is 61.8 Å². The van der Waals surface area contributed by atoms with Crippen LogP contribution in [-0.4, -0.2) is 124 Å². The van der Waals surface area contributed by atoms with Crippen molar-refractivity contribution in [1.29, 1.82) is 0 Å². The average Bonchev–Trinajstić information content (AvgIpc) is 0.756. The number of ketones is 1. The smallest absolute Gasteiger partial charge is 0.460 e. The van der Waals surface area contributed by atoms with Crippen LogP contribution >= 0.6 is 31.9 Å². The first-order valence-corrected chi connectivity index (χ1v) is 35.0. The number of rotatable bonds is 2. The predicted octanol–water partition coefficient (Wildman–Crippen LogP) is 16.6. The molecule has 542 valence electrons. The summed E-state index contributed by atoms with van der Waals surface area (Å²) in [5.41, 5.74) is 12.8. The van der Waals surface area contributed by atoms with Crippen LogP contribution in [0.5, 0.6) is 0 Å². The lowest BCUT2D eigenvalue weighted by molar-refractivity contribution is -0.171. The molecule has 3 N–H and O–H groups in total. The Balaban J connectivity index is 0.000000256. The molecule has 9 rings (SSSR count). The first-order chi connectivity index (χ1) is 44.9. The topological polar surface area (TPSA) is 255 Å². The van der Waals surface area contributed by atoms with Crippen molar-refractivity contribution in [1.82, 2.24) is 15.1 Å². The van der Waals surface area contributed by atoms with Crippen LogP contribution in [0.3, 0.4) is 0 Å². The molecular weight excluding hydrogens is 1380 g/mol. The van der Waals surface area contributed by atoms with Gasteiger partial charge in [0.25, 0.3) is 0 Å². The van der Waals surface area contributed by atoms with E-state index < -0.39 is 45.9 Å². The molecule has 5 atom stereocenters. The van der Waals surface area contributed by atoms with Crippen molar-refractivity contribution in [2.24, 2.45) is 0 Å². The summed E-state index contributed by atoms with van der Waals surface area (Å²) in [6, 6.07) is 24.6. The van der Waals surface area contributed by atoms with E-state index >= 15 is 0 Å². The number of likely N-dealkylation sites (tertiary alicyclic amines) is 2. The van der Waals surface area contributed by atoms with Crippen LogP contribution in [0.1, 0.15) is 213 Å². The van der Waals surface area contributed by atoms with Crippen molar-refractivity contribution in [2.45, 2.75) is 267 Å². The number of Topliss-reactive ketones (excluding diaryl/α,β-unsaturated/α-hetero) is 1. The molecule has 4 aromatic rings. The molecule has 4 aromatic carbocycles. The van der Waals surface area contributed by atoms with Gasteiger partial charge < -0.3 is 58.7 Å². The molecule has 5 aliphatic rings. The lowest BCUT2D eigenvalue weighted by Gasteiger charge is -2.47. The van der Waals surface area contributed by atoms with Crippen molar-refractivity contribution in [3.63, 3.8) is 0 Å². The number of hydrogen-bond donors (Lipinski definition) is 2. The van der Waals surface area contributed by atoms with Gasteiger partial charge in [-0.1, -0.05) is 81.7 Å². The van der Waals surface area contributed by atoms with Crippen molar-refractivity contribution in [2.75, 3.05) is 25.4 Å². The van der Waals surface area contributed by atoms with Gasteiger partial charge in [0.2, 0.25) is 0 Å². The van der Waals surface area contributed by atoms with Gasteiger partial charge in [-0.15, -0.1) is 0 Å². The molecule has 2 amide bonds. The zero-order chi connectivity index (χ0) is 74.3. The summed E-state index contributed by atoms with van der Waals surface area (Å²) in [6.07, 6.45) is 2.13. The molecule has 5 heterocycles. The van der Waals surface area contributed by atoms with Gasteiger partial charge in [-0.05, 0) is 232 Å². The molecule has 0 aromatic heterocycles. The molecular formula is C76H108Br2N4O16. The maximum absolute atomic E-state index is 12.5. The number of benzene rings is 4. The van der Waals surface area contributed by atoms with E-state index in [4.69, 9.17) is 38.9 Å². The zero-order valence-electron chi connectivity index (χ0n) is 61.9. The molecule has 0 bridgehead atoms. The number of aryl methyl sites for hydroxylation is 4. The van der Waals surface area contributed by atoms with E-state index in [-0.39, 0.29) is 53.6 Å². The Morgan fingerprint density at radius 1 is 0.541 bits per heavy atom. The van der Waals surface area contributed by atoms with Crippen molar-refractivity contribution >= 4 is 85.7 Å². The van der Waals surface area contributed by atoms with Crippen LogP contribution in [0.15, 0.2) is 81.7 Å². The molecule has 3 saturated heterocycles. The zero-order valence-corrected chi connectivity index (χ0v) is 65.1. The normalized spacial score (nSPS) is 20.4. The van der Waals surface area contributed by atoms with E-state index in [0.29, 0.717) is 64.1 Å². The first-order valence-electron chi connectivity index (χ1n) is 33.5. The molecule has 22 heteroatoms. The van der Waals surface area contributed by atoms with Crippen LogP contribution in [0.25, 0.3) is 0 Å². The maximum atomic E-state index is 12.5. The third-order valence-corrected chi connectivity index (χ3v) is 16.8. The number of esters is 3. The SMILES string of the molecule is CC(C)(C)OC(=O)OC(=O)OC(C)(C)C.CC1CC(=O)CCN1C(=O)OC(C)(C)C.Cc1ccc(CC(=O)OC(C)(C)C)c(Br)c1.Cc1ccc(N)c(Br)c1.Cc1ccc2c(c1)C1(CCN(C(=O)OC(C)(C)C)C(C)C1)OC(=O)C2.Cc1ccc2c(c1)C1(CCNC(C)C1)OC(=O)C2. The Labute approximate surface area is 598 Å².